The molecule has 2 nitrogen and oxygen atoms in total. The lowest BCUT2D eigenvalue weighted by molar-refractivity contribution is 0.173. The topological polar surface area (TPSA) is 15.3 Å². The lowest BCUT2D eigenvalue weighted by atomic mass is 9.81. The van der Waals surface area contributed by atoms with Gasteiger partial charge in [0.2, 0.25) is 0 Å². The molecular weight excluding hydrogens is 208 g/mol. The molecule has 1 rings (SSSR count). The van der Waals surface area contributed by atoms with E-state index in [1.165, 1.54) is 38.9 Å². The molecule has 102 valence electrons. The maximum Gasteiger partial charge on any atom is 0.00916 e. The monoisotopic (exact) mass is 240 g/mol. The zero-order valence-electron chi connectivity index (χ0n) is 12.6. The molecule has 2 heteroatoms. The molecule has 1 saturated heterocycles. The molecule has 0 amide bonds. The van der Waals surface area contributed by atoms with Crippen molar-refractivity contribution in [2.75, 3.05) is 26.2 Å². The molecule has 0 saturated carbocycles. The van der Waals surface area contributed by atoms with Crippen LogP contribution in [0.25, 0.3) is 0 Å². The summed E-state index contributed by atoms with van der Waals surface area (Å²) in [5.41, 5.74) is 0.417. The van der Waals surface area contributed by atoms with Crippen LogP contribution in [0.5, 0.6) is 0 Å². The summed E-state index contributed by atoms with van der Waals surface area (Å²) in [5, 5.41) is 3.78. The molecule has 0 aliphatic carbocycles. The van der Waals surface area contributed by atoms with Crippen LogP contribution < -0.4 is 5.32 Å². The first kappa shape index (κ1) is 15.0. The van der Waals surface area contributed by atoms with Gasteiger partial charge in [-0.15, -0.1) is 0 Å². The highest BCUT2D eigenvalue weighted by atomic mass is 15.1. The van der Waals surface area contributed by atoms with Crippen molar-refractivity contribution in [1.29, 1.82) is 0 Å². The van der Waals surface area contributed by atoms with Crippen molar-refractivity contribution in [3.63, 3.8) is 0 Å². The van der Waals surface area contributed by atoms with Crippen molar-refractivity contribution >= 4 is 0 Å². The van der Waals surface area contributed by atoms with Gasteiger partial charge in [0.25, 0.3) is 0 Å². The van der Waals surface area contributed by atoms with Crippen molar-refractivity contribution in [2.45, 2.75) is 59.9 Å². The van der Waals surface area contributed by atoms with Crippen LogP contribution in [0, 0.1) is 11.3 Å². The third-order valence-electron chi connectivity index (χ3n) is 4.54. The zero-order chi connectivity index (χ0) is 12.9. The molecule has 0 unspecified atom stereocenters. The van der Waals surface area contributed by atoms with Crippen LogP contribution in [-0.4, -0.2) is 37.1 Å². The van der Waals surface area contributed by atoms with Gasteiger partial charge in [-0.05, 0) is 50.2 Å². The van der Waals surface area contributed by atoms with E-state index >= 15 is 0 Å². The summed E-state index contributed by atoms with van der Waals surface area (Å²) < 4.78 is 0. The summed E-state index contributed by atoms with van der Waals surface area (Å²) in [5.74, 6) is 0.746. The number of nitrogens with zero attached hydrogens (tertiary/aromatic N) is 1. The van der Waals surface area contributed by atoms with Crippen LogP contribution in [0.2, 0.25) is 0 Å². The maximum absolute atomic E-state index is 3.78. The SMILES string of the molecule is CCCN1CCC(NCC(C)(C)C(C)C)CC1. The van der Waals surface area contributed by atoms with Gasteiger partial charge in [0.05, 0.1) is 0 Å². The average Bonchev–Trinajstić information content (AvgIpc) is 2.28. The molecule has 0 aromatic rings. The third kappa shape index (κ3) is 4.97. The number of hydrogen-bond acceptors (Lipinski definition) is 2. The van der Waals surface area contributed by atoms with E-state index < -0.39 is 0 Å². The summed E-state index contributed by atoms with van der Waals surface area (Å²) in [6.07, 6.45) is 3.95. The van der Waals surface area contributed by atoms with Gasteiger partial charge in [-0.3, -0.25) is 0 Å². The van der Waals surface area contributed by atoms with Crippen molar-refractivity contribution in [1.82, 2.24) is 10.2 Å². The van der Waals surface area contributed by atoms with Gasteiger partial charge in [0.15, 0.2) is 0 Å². The summed E-state index contributed by atoms with van der Waals surface area (Å²) in [6, 6.07) is 0.751. The Morgan fingerprint density at radius 1 is 1.24 bits per heavy atom. The Bertz CT molecular complexity index is 203. The maximum atomic E-state index is 3.78. The number of nitrogens with one attached hydrogen (secondary N) is 1. The lowest BCUT2D eigenvalue weighted by Gasteiger charge is -2.36. The highest BCUT2D eigenvalue weighted by Crippen LogP contribution is 2.25. The second-order valence-electron chi connectivity index (χ2n) is 6.64. The van der Waals surface area contributed by atoms with Gasteiger partial charge in [0, 0.05) is 12.6 Å². The van der Waals surface area contributed by atoms with Crippen LogP contribution in [0.1, 0.15) is 53.9 Å². The number of hydrogen-bond donors (Lipinski definition) is 1. The number of piperidine rings is 1. The molecule has 17 heavy (non-hydrogen) atoms. The molecule has 0 radical (unpaired) electrons. The minimum Gasteiger partial charge on any atom is -0.313 e. The highest BCUT2D eigenvalue weighted by molar-refractivity contribution is 4.81. The van der Waals surface area contributed by atoms with Gasteiger partial charge < -0.3 is 10.2 Å². The van der Waals surface area contributed by atoms with Crippen molar-refractivity contribution < 1.29 is 0 Å². The van der Waals surface area contributed by atoms with Gasteiger partial charge in [-0.1, -0.05) is 34.6 Å². The Kier molecular flexibility index (Phi) is 5.94. The second-order valence-corrected chi connectivity index (χ2v) is 6.64. The van der Waals surface area contributed by atoms with Gasteiger partial charge in [-0.2, -0.15) is 0 Å². The summed E-state index contributed by atoms with van der Waals surface area (Å²) in [6.45, 7) is 16.7. The zero-order valence-corrected chi connectivity index (χ0v) is 12.6. The van der Waals surface area contributed by atoms with Gasteiger partial charge in [-0.25, -0.2) is 0 Å². The molecule has 1 fully saturated rings. The summed E-state index contributed by atoms with van der Waals surface area (Å²) >= 11 is 0. The van der Waals surface area contributed by atoms with Crippen LogP contribution in [0.3, 0.4) is 0 Å². The molecule has 0 atom stereocenters. The van der Waals surface area contributed by atoms with E-state index in [9.17, 15) is 0 Å². The minimum atomic E-state index is 0.417. The normalized spacial score (nSPS) is 20.1. The van der Waals surface area contributed by atoms with Crippen LogP contribution in [0.4, 0.5) is 0 Å². The Morgan fingerprint density at radius 3 is 2.29 bits per heavy atom. The van der Waals surface area contributed by atoms with Crippen LogP contribution >= 0.6 is 0 Å². The molecular formula is C15H32N2. The number of likely N-dealkylation sites (tertiary alicyclic amines) is 1. The smallest absolute Gasteiger partial charge is 0.00916 e. The van der Waals surface area contributed by atoms with E-state index in [4.69, 9.17) is 0 Å². The number of rotatable bonds is 6. The second kappa shape index (κ2) is 6.75. The molecule has 0 aromatic heterocycles. The predicted octanol–water partition coefficient (Wildman–Crippen LogP) is 3.13. The fourth-order valence-corrected chi connectivity index (χ4v) is 2.29. The van der Waals surface area contributed by atoms with Gasteiger partial charge >= 0.3 is 0 Å². The molecule has 0 aromatic carbocycles. The fourth-order valence-electron chi connectivity index (χ4n) is 2.29. The Balaban J connectivity index is 2.22. The Hall–Kier alpha value is -0.0800. The first-order valence-corrected chi connectivity index (χ1v) is 7.41. The molecule has 0 spiro atoms. The summed E-state index contributed by atoms with van der Waals surface area (Å²) in [4.78, 5) is 2.60. The third-order valence-corrected chi connectivity index (χ3v) is 4.54. The van der Waals surface area contributed by atoms with Crippen LogP contribution in [-0.2, 0) is 0 Å². The predicted molar refractivity (Wildman–Crippen MR) is 76.4 cm³/mol. The quantitative estimate of drug-likeness (QED) is 0.767. The fraction of sp³-hybridized carbons (Fsp3) is 1.00. The first-order valence-electron chi connectivity index (χ1n) is 7.41. The highest BCUT2D eigenvalue weighted by Gasteiger charge is 2.25. The van der Waals surface area contributed by atoms with Crippen molar-refractivity contribution in [2.24, 2.45) is 11.3 Å². The van der Waals surface area contributed by atoms with Crippen LogP contribution in [0.15, 0.2) is 0 Å². The largest absolute Gasteiger partial charge is 0.313 e. The molecule has 1 aliphatic heterocycles. The molecule has 1 N–H and O–H groups in total. The Morgan fingerprint density at radius 2 is 1.82 bits per heavy atom. The molecule has 1 aliphatic rings. The summed E-state index contributed by atoms with van der Waals surface area (Å²) in [7, 11) is 0. The molecule has 1 heterocycles. The van der Waals surface area contributed by atoms with E-state index in [-0.39, 0.29) is 0 Å². The van der Waals surface area contributed by atoms with E-state index in [1.54, 1.807) is 0 Å². The first-order chi connectivity index (χ1) is 7.95. The molecule has 0 bridgehead atoms. The average molecular weight is 240 g/mol. The van der Waals surface area contributed by atoms with E-state index in [2.05, 4.69) is 44.8 Å². The van der Waals surface area contributed by atoms with Gasteiger partial charge in [0.1, 0.15) is 0 Å². The van der Waals surface area contributed by atoms with E-state index in [1.807, 2.05) is 0 Å². The lowest BCUT2D eigenvalue weighted by Crippen LogP contribution is -2.46. The van der Waals surface area contributed by atoms with E-state index in [0.29, 0.717) is 5.41 Å². The standard InChI is InChI=1S/C15H32N2/c1-6-9-17-10-7-14(8-11-17)16-12-15(4,5)13(2)3/h13-14,16H,6-12H2,1-5H3. The Labute approximate surface area is 108 Å². The minimum absolute atomic E-state index is 0.417. The van der Waals surface area contributed by atoms with E-state index in [0.717, 1.165) is 18.5 Å². The van der Waals surface area contributed by atoms with Crippen molar-refractivity contribution in [3.8, 4) is 0 Å². The van der Waals surface area contributed by atoms with Crippen molar-refractivity contribution in [3.05, 3.63) is 0 Å².